The fourth-order valence-electron chi connectivity index (χ4n) is 2.74. The average molecular weight is 427 g/mol. The van der Waals surface area contributed by atoms with Gasteiger partial charge < -0.3 is 5.32 Å². The van der Waals surface area contributed by atoms with E-state index in [1.807, 2.05) is 0 Å². The fraction of sp³-hybridized carbons (Fsp3) is 0.350. The molecule has 0 aliphatic carbocycles. The number of rotatable bonds is 10. The third-order valence-electron chi connectivity index (χ3n) is 4.16. The highest BCUT2D eigenvalue weighted by Gasteiger charge is 2.17. The van der Waals surface area contributed by atoms with Gasteiger partial charge in [0.25, 0.3) is 0 Å². The lowest BCUT2D eigenvalue weighted by atomic mass is 10.1. The van der Waals surface area contributed by atoms with Crippen molar-refractivity contribution in [2.24, 2.45) is 0 Å². The number of carbonyl (C=O) groups excluding carboxylic acids is 1. The van der Waals surface area contributed by atoms with Crippen LogP contribution in [0.5, 0.6) is 0 Å². The number of amides is 1. The third kappa shape index (κ3) is 7.48. The summed E-state index contributed by atoms with van der Waals surface area (Å²) >= 11 is 5.85. The molecule has 0 aliphatic rings. The number of aryl methyl sites for hydroxylation is 1. The van der Waals surface area contributed by atoms with E-state index in [1.165, 1.54) is 16.4 Å². The highest BCUT2D eigenvalue weighted by Crippen LogP contribution is 2.20. The van der Waals surface area contributed by atoms with Gasteiger partial charge in [-0.05, 0) is 61.2 Å². The van der Waals surface area contributed by atoms with Crippen LogP contribution in [-0.2, 0) is 21.2 Å². The van der Waals surface area contributed by atoms with Gasteiger partial charge in [0.15, 0.2) is 0 Å². The predicted molar refractivity (Wildman–Crippen MR) is 111 cm³/mol. The summed E-state index contributed by atoms with van der Waals surface area (Å²) in [6.07, 6.45) is 3.27. The van der Waals surface area contributed by atoms with E-state index in [1.54, 1.807) is 36.4 Å². The van der Waals surface area contributed by atoms with E-state index in [2.05, 4.69) is 5.32 Å². The molecule has 0 fully saturated rings. The third-order valence-corrected chi connectivity index (χ3v) is 5.60. The molecule has 0 saturated carbocycles. The first-order valence-corrected chi connectivity index (χ1v) is 11.2. The van der Waals surface area contributed by atoms with Gasteiger partial charge in [0.2, 0.25) is 15.9 Å². The number of carbonyl (C=O) groups is 1. The van der Waals surface area contributed by atoms with Crippen LogP contribution >= 0.6 is 11.6 Å². The minimum atomic E-state index is -3.45. The number of anilines is 1. The fourth-order valence-corrected chi connectivity index (χ4v) is 3.83. The molecular formula is C20H24ClFN2O3S. The topological polar surface area (TPSA) is 66.5 Å². The first-order valence-electron chi connectivity index (χ1n) is 9.00. The second kappa shape index (κ2) is 10.4. The maximum absolute atomic E-state index is 12.9. The van der Waals surface area contributed by atoms with E-state index in [9.17, 15) is 17.6 Å². The Labute approximate surface area is 170 Å². The molecule has 0 aliphatic heterocycles. The van der Waals surface area contributed by atoms with Gasteiger partial charge in [-0.2, -0.15) is 0 Å². The number of nitrogens with zero attached hydrogens (tertiary/aromatic N) is 1. The van der Waals surface area contributed by atoms with Crippen LogP contribution in [0.15, 0.2) is 48.5 Å². The summed E-state index contributed by atoms with van der Waals surface area (Å²) in [5, 5.41) is 3.35. The smallest absolute Gasteiger partial charge is 0.232 e. The lowest BCUT2D eigenvalue weighted by molar-refractivity contribution is -0.121. The summed E-state index contributed by atoms with van der Waals surface area (Å²) in [6, 6.07) is 12.8. The number of benzene rings is 2. The molecule has 0 heterocycles. The second-order valence-electron chi connectivity index (χ2n) is 6.50. The van der Waals surface area contributed by atoms with Gasteiger partial charge >= 0.3 is 0 Å². The van der Waals surface area contributed by atoms with Gasteiger partial charge in [0.05, 0.1) is 11.9 Å². The Kier molecular flexibility index (Phi) is 8.26. The monoisotopic (exact) mass is 426 g/mol. The van der Waals surface area contributed by atoms with Crippen LogP contribution in [0.1, 0.15) is 24.8 Å². The number of halogens is 2. The molecule has 0 spiro atoms. The zero-order valence-corrected chi connectivity index (χ0v) is 17.3. The summed E-state index contributed by atoms with van der Waals surface area (Å²) in [6.45, 7) is 0.729. The maximum atomic E-state index is 12.9. The predicted octanol–water partition coefficient (Wildman–Crippen LogP) is 3.77. The van der Waals surface area contributed by atoms with Crippen LogP contribution < -0.4 is 9.62 Å². The minimum Gasteiger partial charge on any atom is -0.356 e. The van der Waals surface area contributed by atoms with E-state index in [0.717, 1.165) is 24.7 Å². The Hall–Kier alpha value is -2.12. The van der Waals surface area contributed by atoms with Crippen molar-refractivity contribution in [3.8, 4) is 0 Å². The molecule has 0 aromatic heterocycles. The van der Waals surface area contributed by atoms with Crippen LogP contribution in [0.25, 0.3) is 0 Å². The maximum Gasteiger partial charge on any atom is 0.232 e. The van der Waals surface area contributed by atoms with Gasteiger partial charge in [-0.25, -0.2) is 12.8 Å². The van der Waals surface area contributed by atoms with E-state index >= 15 is 0 Å². The summed E-state index contributed by atoms with van der Waals surface area (Å²) < 4.78 is 38.2. The lowest BCUT2D eigenvalue weighted by Crippen LogP contribution is -2.32. The normalized spacial score (nSPS) is 11.2. The van der Waals surface area contributed by atoms with Gasteiger partial charge in [0, 0.05) is 24.5 Å². The molecule has 2 rings (SSSR count). The van der Waals surface area contributed by atoms with E-state index < -0.39 is 10.0 Å². The molecule has 0 radical (unpaired) electrons. The van der Waals surface area contributed by atoms with Crippen LogP contribution in [0.4, 0.5) is 10.1 Å². The SMILES string of the molecule is CS(=O)(=O)N(CCCC(=O)NCCCc1ccc(F)cc1)c1ccc(Cl)cc1. The van der Waals surface area contributed by atoms with Crippen molar-refractivity contribution in [1.82, 2.24) is 5.32 Å². The number of hydrogen-bond acceptors (Lipinski definition) is 3. The first kappa shape index (κ1) is 22.2. The standard InChI is InChI=1S/C20H24ClFN2O3S/c1-28(26,27)24(19-12-8-17(21)9-13-19)15-3-5-20(25)23-14-2-4-16-6-10-18(22)11-7-16/h6-13H,2-5,14-15H2,1H3,(H,23,25). The largest absolute Gasteiger partial charge is 0.356 e. The quantitative estimate of drug-likeness (QED) is 0.588. The van der Waals surface area contributed by atoms with Crippen molar-refractivity contribution >= 4 is 33.2 Å². The molecule has 8 heteroatoms. The highest BCUT2D eigenvalue weighted by molar-refractivity contribution is 7.92. The number of hydrogen-bond donors (Lipinski definition) is 1. The van der Waals surface area contributed by atoms with Crippen molar-refractivity contribution in [2.45, 2.75) is 25.7 Å². The van der Waals surface area contributed by atoms with E-state index in [-0.39, 0.29) is 24.7 Å². The van der Waals surface area contributed by atoms with Crippen LogP contribution in [0.2, 0.25) is 5.02 Å². The summed E-state index contributed by atoms with van der Waals surface area (Å²) in [5.74, 6) is -0.387. The summed E-state index contributed by atoms with van der Waals surface area (Å²) in [7, 11) is -3.45. The Balaban J connectivity index is 1.73. The minimum absolute atomic E-state index is 0.122. The van der Waals surface area contributed by atoms with Crippen LogP contribution in [-0.4, -0.2) is 33.7 Å². The molecule has 2 aromatic rings. The van der Waals surface area contributed by atoms with Gasteiger partial charge in [-0.3, -0.25) is 9.10 Å². The van der Waals surface area contributed by atoms with E-state index in [4.69, 9.17) is 11.6 Å². The molecule has 28 heavy (non-hydrogen) atoms. The zero-order chi connectivity index (χ0) is 20.6. The molecule has 1 amide bonds. The molecule has 152 valence electrons. The average Bonchev–Trinajstić information content (AvgIpc) is 2.64. The van der Waals surface area contributed by atoms with Crippen molar-refractivity contribution in [3.63, 3.8) is 0 Å². The van der Waals surface area contributed by atoms with Crippen molar-refractivity contribution < 1.29 is 17.6 Å². The highest BCUT2D eigenvalue weighted by atomic mass is 35.5. The van der Waals surface area contributed by atoms with Crippen molar-refractivity contribution in [1.29, 1.82) is 0 Å². The Morgan fingerprint density at radius 1 is 1.07 bits per heavy atom. The molecule has 0 atom stereocenters. The Bertz CT molecular complexity index is 871. The molecular weight excluding hydrogens is 403 g/mol. The van der Waals surface area contributed by atoms with Gasteiger partial charge in [-0.1, -0.05) is 23.7 Å². The first-order chi connectivity index (χ1) is 13.3. The molecule has 2 aromatic carbocycles. The Morgan fingerprint density at radius 3 is 2.32 bits per heavy atom. The summed E-state index contributed by atoms with van der Waals surface area (Å²) in [4.78, 5) is 12.0. The van der Waals surface area contributed by atoms with Crippen molar-refractivity contribution in [3.05, 3.63) is 64.9 Å². The molecule has 5 nitrogen and oxygen atoms in total. The lowest BCUT2D eigenvalue weighted by Gasteiger charge is -2.22. The molecule has 0 saturated heterocycles. The number of sulfonamides is 1. The number of nitrogens with one attached hydrogen (secondary N) is 1. The van der Waals surface area contributed by atoms with Gasteiger partial charge in [-0.15, -0.1) is 0 Å². The molecule has 0 bridgehead atoms. The Morgan fingerprint density at radius 2 is 1.71 bits per heavy atom. The molecule has 0 unspecified atom stereocenters. The van der Waals surface area contributed by atoms with Crippen LogP contribution in [0, 0.1) is 5.82 Å². The van der Waals surface area contributed by atoms with Crippen molar-refractivity contribution in [2.75, 3.05) is 23.7 Å². The molecule has 1 N–H and O–H groups in total. The van der Waals surface area contributed by atoms with E-state index in [0.29, 0.717) is 23.7 Å². The summed E-state index contributed by atoms with van der Waals surface area (Å²) in [5.41, 5.74) is 1.54. The van der Waals surface area contributed by atoms with Gasteiger partial charge in [0.1, 0.15) is 5.82 Å². The van der Waals surface area contributed by atoms with Crippen LogP contribution in [0.3, 0.4) is 0 Å². The zero-order valence-electron chi connectivity index (χ0n) is 15.7. The second-order valence-corrected chi connectivity index (χ2v) is 8.84.